The van der Waals surface area contributed by atoms with E-state index in [-0.39, 0.29) is 10.8 Å². The van der Waals surface area contributed by atoms with Crippen molar-refractivity contribution in [3.8, 4) is 90.1 Å². The van der Waals surface area contributed by atoms with Crippen LogP contribution in [-0.4, -0.2) is 19.9 Å². The molecule has 2 aromatic heterocycles. The van der Waals surface area contributed by atoms with Crippen molar-refractivity contribution in [3.63, 3.8) is 0 Å². The summed E-state index contributed by atoms with van der Waals surface area (Å²) < 4.78 is 0. The number of hydrogen-bond acceptors (Lipinski definition) is 4. The molecular formula is C60H44N4. The largest absolute Gasteiger partial charge is 0.228 e. The van der Waals surface area contributed by atoms with Crippen LogP contribution in [0.5, 0.6) is 0 Å². The van der Waals surface area contributed by atoms with Gasteiger partial charge in [0.05, 0.1) is 22.8 Å². The lowest BCUT2D eigenvalue weighted by Gasteiger charge is -2.22. The third-order valence-electron chi connectivity index (χ3n) is 13.8. The van der Waals surface area contributed by atoms with Gasteiger partial charge in [0.2, 0.25) is 0 Å². The zero-order valence-electron chi connectivity index (χ0n) is 36.3. The topological polar surface area (TPSA) is 51.6 Å². The second-order valence-electron chi connectivity index (χ2n) is 18.2. The van der Waals surface area contributed by atoms with Crippen molar-refractivity contribution in [1.82, 2.24) is 19.9 Å². The molecule has 0 saturated heterocycles. The lowest BCUT2D eigenvalue weighted by molar-refractivity contribution is 0.660. The van der Waals surface area contributed by atoms with Crippen molar-refractivity contribution in [3.05, 3.63) is 216 Å². The van der Waals surface area contributed by atoms with E-state index in [1.165, 1.54) is 44.5 Å². The SMILES string of the molecule is CC1(C)c2ccccc2-c2ccc(-c3cc(-c4ccccc4)nc(-c4cccc5c(-c6nc(-c7ccccc7)cc(-c7ccc8c(c7)C(C)(C)c7ccccc7-8)n6)cccc45)n3)cc21. The highest BCUT2D eigenvalue weighted by molar-refractivity contribution is 6.03. The fourth-order valence-electron chi connectivity index (χ4n) is 10.4. The van der Waals surface area contributed by atoms with Gasteiger partial charge in [0, 0.05) is 44.2 Å². The number of hydrogen-bond donors (Lipinski definition) is 0. The average molecular weight is 821 g/mol. The predicted molar refractivity (Wildman–Crippen MR) is 263 cm³/mol. The van der Waals surface area contributed by atoms with Crippen LogP contribution in [0, 0.1) is 0 Å². The molecule has 0 unspecified atom stereocenters. The molecule has 8 aromatic carbocycles. The van der Waals surface area contributed by atoms with Crippen LogP contribution < -0.4 is 0 Å². The Morgan fingerprint density at radius 2 is 0.609 bits per heavy atom. The standard InChI is InChI=1S/C60H44N4/c1-59(2)49-27-13-11-21-43(49)45-31-29-39(33-51(45)59)55-35-53(37-17-7-5-8-18-37)61-57(63-55)47-25-15-24-42-41(47)23-16-26-48(42)58-62-54(38-19-9-6-10-20-38)36-56(64-58)40-30-32-46-44-22-12-14-28-50(44)60(3,4)52(46)34-40/h5-36H,1-4H3. The molecule has 2 heterocycles. The van der Waals surface area contributed by atoms with Gasteiger partial charge in [0.15, 0.2) is 11.6 Å². The molecule has 0 atom stereocenters. The van der Waals surface area contributed by atoms with Crippen LogP contribution in [0.4, 0.5) is 0 Å². The Balaban J connectivity index is 1.01. The summed E-state index contributed by atoms with van der Waals surface area (Å²) in [5.41, 5.74) is 19.9. The van der Waals surface area contributed by atoms with Gasteiger partial charge in [-0.2, -0.15) is 0 Å². The fraction of sp³-hybridized carbons (Fsp3) is 0.100. The maximum Gasteiger partial charge on any atom is 0.161 e. The first-order valence-corrected chi connectivity index (χ1v) is 22.1. The van der Waals surface area contributed by atoms with Gasteiger partial charge in [-0.15, -0.1) is 0 Å². The minimum atomic E-state index is -0.130. The van der Waals surface area contributed by atoms with Gasteiger partial charge in [-0.05, 0) is 79.5 Å². The molecule has 4 heteroatoms. The summed E-state index contributed by atoms with van der Waals surface area (Å²) >= 11 is 0. The van der Waals surface area contributed by atoms with Crippen LogP contribution in [0.15, 0.2) is 194 Å². The van der Waals surface area contributed by atoms with Crippen LogP contribution in [0.3, 0.4) is 0 Å². The predicted octanol–water partition coefficient (Wildman–Crippen LogP) is 15.0. The van der Waals surface area contributed by atoms with Crippen LogP contribution in [0.25, 0.3) is 101 Å². The van der Waals surface area contributed by atoms with Crippen LogP contribution in [-0.2, 0) is 10.8 Å². The Bertz CT molecular complexity index is 3260. The molecule has 0 radical (unpaired) electrons. The summed E-state index contributed by atoms with van der Waals surface area (Å²) in [4.78, 5) is 21.4. The van der Waals surface area contributed by atoms with Gasteiger partial charge in [0.1, 0.15) is 0 Å². The summed E-state index contributed by atoms with van der Waals surface area (Å²) in [6, 6.07) is 69.1. The zero-order valence-corrected chi connectivity index (χ0v) is 36.3. The Kier molecular flexibility index (Phi) is 8.51. The first-order chi connectivity index (χ1) is 31.2. The molecule has 0 spiro atoms. The second kappa shape index (κ2) is 14.4. The molecule has 0 amide bonds. The van der Waals surface area contributed by atoms with Crippen molar-refractivity contribution >= 4 is 10.8 Å². The Hall–Kier alpha value is -7.82. The fourth-order valence-corrected chi connectivity index (χ4v) is 10.4. The van der Waals surface area contributed by atoms with Gasteiger partial charge >= 0.3 is 0 Å². The summed E-state index contributed by atoms with van der Waals surface area (Å²) in [5.74, 6) is 1.34. The normalized spacial score (nSPS) is 13.9. The van der Waals surface area contributed by atoms with E-state index < -0.39 is 0 Å². The summed E-state index contributed by atoms with van der Waals surface area (Å²) in [6.45, 7) is 9.29. The van der Waals surface area contributed by atoms with E-state index in [0.717, 1.165) is 66.9 Å². The third kappa shape index (κ3) is 5.97. The van der Waals surface area contributed by atoms with Crippen molar-refractivity contribution in [2.75, 3.05) is 0 Å². The minimum absolute atomic E-state index is 0.130. The van der Waals surface area contributed by atoms with E-state index in [1.807, 2.05) is 12.1 Å². The molecule has 64 heavy (non-hydrogen) atoms. The maximum atomic E-state index is 5.39. The van der Waals surface area contributed by atoms with Gasteiger partial charge in [-0.3, -0.25) is 0 Å². The van der Waals surface area contributed by atoms with E-state index in [2.05, 4.69) is 210 Å². The average Bonchev–Trinajstić information content (AvgIpc) is 3.72. The monoisotopic (exact) mass is 820 g/mol. The van der Waals surface area contributed by atoms with E-state index in [1.54, 1.807) is 0 Å². The molecule has 12 rings (SSSR count). The van der Waals surface area contributed by atoms with Gasteiger partial charge < -0.3 is 0 Å². The highest BCUT2D eigenvalue weighted by Gasteiger charge is 2.36. The molecule has 0 aliphatic heterocycles. The smallest absolute Gasteiger partial charge is 0.161 e. The van der Waals surface area contributed by atoms with Crippen molar-refractivity contribution in [2.45, 2.75) is 38.5 Å². The van der Waals surface area contributed by atoms with Gasteiger partial charge in [-0.1, -0.05) is 198 Å². The number of aromatic nitrogens is 4. The number of nitrogens with zero attached hydrogens (tertiary/aromatic N) is 4. The first-order valence-electron chi connectivity index (χ1n) is 22.1. The summed E-state index contributed by atoms with van der Waals surface area (Å²) in [5, 5.41) is 2.07. The number of benzene rings is 8. The van der Waals surface area contributed by atoms with Gasteiger partial charge in [-0.25, -0.2) is 19.9 Å². The zero-order chi connectivity index (χ0) is 43.2. The number of rotatable bonds is 6. The molecule has 0 saturated carbocycles. The Morgan fingerprint density at radius 3 is 1.03 bits per heavy atom. The molecule has 0 fully saturated rings. The van der Waals surface area contributed by atoms with Crippen molar-refractivity contribution in [2.24, 2.45) is 0 Å². The second-order valence-corrected chi connectivity index (χ2v) is 18.2. The summed E-state index contributed by atoms with van der Waals surface area (Å²) in [7, 11) is 0. The van der Waals surface area contributed by atoms with Gasteiger partial charge in [0.25, 0.3) is 0 Å². The Labute approximate surface area is 374 Å². The maximum absolute atomic E-state index is 5.39. The van der Waals surface area contributed by atoms with E-state index in [0.29, 0.717) is 11.6 Å². The molecule has 10 aromatic rings. The van der Waals surface area contributed by atoms with E-state index >= 15 is 0 Å². The lowest BCUT2D eigenvalue weighted by atomic mass is 9.82. The highest BCUT2D eigenvalue weighted by atomic mass is 14.9. The molecule has 0 bridgehead atoms. The quantitative estimate of drug-likeness (QED) is 0.168. The van der Waals surface area contributed by atoms with E-state index in [4.69, 9.17) is 19.9 Å². The first kappa shape index (κ1) is 37.9. The molecule has 0 N–H and O–H groups in total. The minimum Gasteiger partial charge on any atom is -0.228 e. The molecule has 304 valence electrons. The number of fused-ring (bicyclic) bond motifs is 7. The van der Waals surface area contributed by atoms with Crippen molar-refractivity contribution < 1.29 is 0 Å². The van der Waals surface area contributed by atoms with Crippen LogP contribution >= 0.6 is 0 Å². The molecule has 4 nitrogen and oxygen atoms in total. The summed E-state index contributed by atoms with van der Waals surface area (Å²) in [6.07, 6.45) is 0. The highest BCUT2D eigenvalue weighted by Crippen LogP contribution is 2.51. The molecule has 2 aliphatic carbocycles. The Morgan fingerprint density at radius 1 is 0.266 bits per heavy atom. The third-order valence-corrected chi connectivity index (χ3v) is 13.8. The molecular weight excluding hydrogens is 777 g/mol. The van der Waals surface area contributed by atoms with Crippen LogP contribution in [0.1, 0.15) is 49.9 Å². The van der Waals surface area contributed by atoms with Crippen LogP contribution in [0.2, 0.25) is 0 Å². The lowest BCUT2D eigenvalue weighted by Crippen LogP contribution is -2.15. The van der Waals surface area contributed by atoms with Crippen molar-refractivity contribution in [1.29, 1.82) is 0 Å². The van der Waals surface area contributed by atoms with E-state index in [9.17, 15) is 0 Å². The molecule has 2 aliphatic rings.